The lowest BCUT2D eigenvalue weighted by Gasteiger charge is -2.38. The van der Waals surface area contributed by atoms with Gasteiger partial charge in [0, 0.05) is 70.9 Å². The summed E-state index contributed by atoms with van der Waals surface area (Å²) in [4.78, 5) is 17.0. The van der Waals surface area contributed by atoms with Crippen molar-refractivity contribution in [2.24, 2.45) is 14.1 Å². The van der Waals surface area contributed by atoms with Gasteiger partial charge in [-0.05, 0) is 94.5 Å². The molecule has 1 amide bonds. The van der Waals surface area contributed by atoms with E-state index in [-0.39, 0.29) is 11.9 Å². The summed E-state index contributed by atoms with van der Waals surface area (Å²) < 4.78 is 18.1. The van der Waals surface area contributed by atoms with Crippen LogP contribution in [0.4, 0.5) is 5.69 Å². The molecular weight excluding hydrogens is 709 g/mol. The number of benzene rings is 3. The number of halogens is 2. The zero-order chi connectivity index (χ0) is 37.5. The van der Waals surface area contributed by atoms with E-state index in [4.69, 9.17) is 37.5 Å². The number of aryl methyl sites for hydroxylation is 7. The number of rotatable bonds is 8. The Labute approximate surface area is 317 Å². The minimum absolute atomic E-state index is 0.156. The van der Waals surface area contributed by atoms with E-state index in [1.54, 1.807) is 11.8 Å². The molecule has 0 bridgehead atoms. The van der Waals surface area contributed by atoms with Crippen LogP contribution in [-0.4, -0.2) is 47.1 Å². The molecule has 3 aromatic carbocycles. The van der Waals surface area contributed by atoms with E-state index in [2.05, 4.69) is 46.8 Å². The molecule has 5 heterocycles. The highest BCUT2D eigenvalue weighted by Crippen LogP contribution is 2.46. The smallest absolute Gasteiger partial charge is 0.276 e. The molecule has 0 spiro atoms. The van der Waals surface area contributed by atoms with Crippen molar-refractivity contribution in [1.82, 2.24) is 29.1 Å². The first-order chi connectivity index (χ1) is 25.3. The molecule has 7 aromatic rings. The van der Waals surface area contributed by atoms with Crippen LogP contribution in [0.15, 0.2) is 59.1 Å². The minimum Gasteiger partial charge on any atom is -0.494 e. The van der Waals surface area contributed by atoms with Crippen LogP contribution >= 0.6 is 23.2 Å². The number of hydrogen-bond acceptors (Lipinski definition) is 6. The van der Waals surface area contributed by atoms with Gasteiger partial charge >= 0.3 is 0 Å². The highest BCUT2D eigenvalue weighted by molar-refractivity contribution is 6.32. The van der Waals surface area contributed by atoms with Crippen molar-refractivity contribution in [2.45, 2.75) is 65.9 Å². The Morgan fingerprint density at radius 2 is 1.72 bits per heavy atom. The van der Waals surface area contributed by atoms with Crippen LogP contribution in [0.5, 0.6) is 5.75 Å². The zero-order valence-corrected chi connectivity index (χ0v) is 32.6. The fourth-order valence-electron chi connectivity index (χ4n) is 8.03. The van der Waals surface area contributed by atoms with Gasteiger partial charge in [-0.2, -0.15) is 5.10 Å². The van der Waals surface area contributed by atoms with E-state index < -0.39 is 5.50 Å². The molecule has 0 N–H and O–H groups in total. The first-order valence-corrected chi connectivity index (χ1v) is 18.6. The third-order valence-electron chi connectivity index (χ3n) is 10.6. The SMILES string of the molecule is Cc1nnc(-c2ccc3c(c2)c(N2C(=O)c4c(CCCOc5cc(C)c(Cl)c(C)c5)c5cccc(-c6c(C)nn(C)c6C)c5n4C(C)[C@H]2Cl)cn3C)o1. The number of ether oxygens (including phenoxy) is 1. The predicted molar refractivity (Wildman–Crippen MR) is 210 cm³/mol. The molecule has 1 aliphatic heterocycles. The monoisotopic (exact) mass is 749 g/mol. The van der Waals surface area contributed by atoms with Gasteiger partial charge in [0.05, 0.1) is 29.5 Å². The average Bonchev–Trinajstić information content (AvgIpc) is 3.87. The molecule has 1 aliphatic rings. The second-order valence-electron chi connectivity index (χ2n) is 14.2. The number of amides is 1. The van der Waals surface area contributed by atoms with E-state index >= 15 is 4.79 Å². The maximum absolute atomic E-state index is 15.2. The Balaban J connectivity index is 1.27. The van der Waals surface area contributed by atoms with Crippen molar-refractivity contribution in [3.63, 3.8) is 0 Å². The van der Waals surface area contributed by atoms with Crippen molar-refractivity contribution < 1.29 is 13.9 Å². The van der Waals surface area contributed by atoms with Crippen molar-refractivity contribution in [1.29, 1.82) is 0 Å². The molecule has 272 valence electrons. The number of carbonyl (C=O) groups is 1. The molecule has 0 saturated heterocycles. The normalized spacial score (nSPS) is 16.0. The summed E-state index contributed by atoms with van der Waals surface area (Å²) in [6.07, 6.45) is 3.28. The minimum atomic E-state index is -0.692. The van der Waals surface area contributed by atoms with Crippen LogP contribution in [-0.2, 0) is 20.5 Å². The molecule has 12 heteroatoms. The Bertz CT molecular complexity index is 2570. The molecule has 0 saturated carbocycles. The maximum Gasteiger partial charge on any atom is 0.276 e. The van der Waals surface area contributed by atoms with E-state index in [9.17, 15) is 0 Å². The summed E-state index contributed by atoms with van der Waals surface area (Å²) in [5.41, 5.74) is 10.4. The van der Waals surface area contributed by atoms with Gasteiger partial charge in [0.1, 0.15) is 16.9 Å². The quantitative estimate of drug-likeness (QED) is 0.0873. The van der Waals surface area contributed by atoms with Crippen LogP contribution in [0.3, 0.4) is 0 Å². The molecule has 2 atom stereocenters. The van der Waals surface area contributed by atoms with Gasteiger partial charge in [0.15, 0.2) is 0 Å². The summed E-state index contributed by atoms with van der Waals surface area (Å²) in [7, 11) is 3.93. The molecular formula is C41H41Cl2N7O3. The standard InChI is InChI=1S/C41H41Cl2N7O3/c1-21-17-28(18-22(2)36(21)42)52-16-10-13-30-29-11-9-12-31(35-23(3)46-48(8)24(35)4)37(29)49-25(5)39(43)50(41(51)38(30)49)34-20-47(7)33-15-14-27(19-32(33)34)40-45-44-26(6)53-40/h9,11-12,14-15,17-20,25,39H,10,13,16H2,1-8H3/t25?,39-/m0/s1. The van der Waals surface area contributed by atoms with Gasteiger partial charge in [-0.3, -0.25) is 14.4 Å². The summed E-state index contributed by atoms with van der Waals surface area (Å²) in [6.45, 7) is 12.4. The van der Waals surface area contributed by atoms with Crippen LogP contribution < -0.4 is 9.64 Å². The van der Waals surface area contributed by atoms with E-state index in [1.165, 1.54) is 0 Å². The molecule has 0 fully saturated rings. The van der Waals surface area contributed by atoms with Gasteiger partial charge in [-0.1, -0.05) is 41.4 Å². The zero-order valence-electron chi connectivity index (χ0n) is 31.1. The number of para-hydroxylation sites is 1. The Hall–Kier alpha value is -5.06. The highest BCUT2D eigenvalue weighted by atomic mass is 35.5. The fraction of sp³-hybridized carbons (Fsp3) is 0.317. The number of hydrogen-bond donors (Lipinski definition) is 0. The predicted octanol–water partition coefficient (Wildman–Crippen LogP) is 9.58. The molecule has 0 radical (unpaired) electrons. The molecule has 1 unspecified atom stereocenters. The second-order valence-corrected chi connectivity index (χ2v) is 15.0. The van der Waals surface area contributed by atoms with Gasteiger partial charge in [0.25, 0.3) is 5.91 Å². The first kappa shape index (κ1) is 35.0. The lowest BCUT2D eigenvalue weighted by atomic mass is 9.98. The number of nitrogens with zero attached hydrogens (tertiary/aromatic N) is 7. The van der Waals surface area contributed by atoms with Crippen molar-refractivity contribution in [3.8, 4) is 28.3 Å². The number of anilines is 1. The molecule has 8 rings (SSSR count). The lowest BCUT2D eigenvalue weighted by Crippen LogP contribution is -2.47. The summed E-state index contributed by atoms with van der Waals surface area (Å²) in [5, 5.41) is 15.6. The number of aromatic nitrogens is 6. The van der Waals surface area contributed by atoms with Gasteiger partial charge < -0.3 is 18.3 Å². The van der Waals surface area contributed by atoms with Gasteiger partial charge in [0.2, 0.25) is 11.8 Å². The fourth-order valence-corrected chi connectivity index (χ4v) is 8.45. The highest BCUT2D eigenvalue weighted by Gasteiger charge is 2.42. The van der Waals surface area contributed by atoms with Gasteiger partial charge in [-0.15, -0.1) is 10.2 Å². The molecule has 0 aliphatic carbocycles. The lowest BCUT2D eigenvalue weighted by molar-refractivity contribution is 0.0951. The number of alkyl halides is 1. The van der Waals surface area contributed by atoms with Gasteiger partial charge in [-0.25, -0.2) is 0 Å². The Morgan fingerprint density at radius 3 is 2.40 bits per heavy atom. The van der Waals surface area contributed by atoms with Crippen molar-refractivity contribution in [3.05, 3.63) is 99.4 Å². The third kappa shape index (κ3) is 5.61. The van der Waals surface area contributed by atoms with E-state index in [0.717, 1.165) is 83.0 Å². The largest absolute Gasteiger partial charge is 0.494 e. The summed E-state index contributed by atoms with van der Waals surface area (Å²) in [6, 6.07) is 15.9. The first-order valence-electron chi connectivity index (χ1n) is 17.8. The van der Waals surface area contributed by atoms with Crippen LogP contribution in [0.1, 0.15) is 63.8 Å². The number of fused-ring (bicyclic) bond motifs is 4. The maximum atomic E-state index is 15.2. The average molecular weight is 751 g/mol. The molecule has 53 heavy (non-hydrogen) atoms. The van der Waals surface area contributed by atoms with Crippen LogP contribution in [0.25, 0.3) is 44.4 Å². The Morgan fingerprint density at radius 1 is 0.962 bits per heavy atom. The Kier molecular flexibility index (Phi) is 8.65. The van der Waals surface area contributed by atoms with Crippen molar-refractivity contribution in [2.75, 3.05) is 11.5 Å². The topological polar surface area (TPSA) is 96.1 Å². The van der Waals surface area contributed by atoms with E-state index in [1.807, 2.05) is 80.6 Å². The third-order valence-corrected chi connectivity index (χ3v) is 11.8. The second kappa shape index (κ2) is 13.1. The summed E-state index contributed by atoms with van der Waals surface area (Å²) in [5.74, 6) is 1.53. The van der Waals surface area contributed by atoms with Crippen molar-refractivity contribution >= 4 is 56.6 Å². The number of carbonyl (C=O) groups excluding carboxylic acids is 1. The van der Waals surface area contributed by atoms with Crippen LogP contribution in [0, 0.1) is 34.6 Å². The summed E-state index contributed by atoms with van der Waals surface area (Å²) >= 11 is 13.9. The van der Waals surface area contributed by atoms with Crippen LogP contribution in [0.2, 0.25) is 5.02 Å². The molecule has 10 nitrogen and oxygen atoms in total. The van der Waals surface area contributed by atoms with E-state index in [0.29, 0.717) is 36.9 Å². The molecule has 4 aromatic heterocycles.